The van der Waals surface area contributed by atoms with Crippen LogP contribution in [0.3, 0.4) is 0 Å². The summed E-state index contributed by atoms with van der Waals surface area (Å²) in [7, 11) is 0. The molecule has 0 saturated carbocycles. The van der Waals surface area contributed by atoms with E-state index in [-0.39, 0.29) is 24.5 Å². The molecule has 1 aromatic carbocycles. The average Bonchev–Trinajstić information content (AvgIpc) is 2.87. The van der Waals surface area contributed by atoms with Crippen LogP contribution in [-0.2, 0) is 13.1 Å². The minimum Gasteiger partial charge on any atom is -0.475 e. The Kier molecular flexibility index (Phi) is 4.11. The fraction of sp³-hybridized carbons (Fsp3) is 0.154. The second-order valence-corrected chi connectivity index (χ2v) is 4.07. The number of rotatable bonds is 6. The second-order valence-electron chi connectivity index (χ2n) is 4.07. The van der Waals surface area contributed by atoms with Crippen molar-refractivity contribution >= 4 is 11.7 Å². The Morgan fingerprint density at radius 3 is 2.65 bits per heavy atom. The van der Waals surface area contributed by atoms with E-state index in [1.165, 1.54) is 12.3 Å². The first-order valence-corrected chi connectivity index (χ1v) is 5.82. The van der Waals surface area contributed by atoms with E-state index in [0.717, 1.165) is 0 Å². The topological polar surface area (TPSA) is 106 Å². The zero-order valence-electron chi connectivity index (χ0n) is 10.4. The highest BCUT2D eigenvalue weighted by Crippen LogP contribution is 2.17. The first-order chi connectivity index (χ1) is 9.59. The van der Waals surface area contributed by atoms with Gasteiger partial charge in [-0.15, -0.1) is 0 Å². The quantitative estimate of drug-likeness (QED) is 0.618. The molecule has 0 aliphatic carbocycles. The van der Waals surface area contributed by atoms with Gasteiger partial charge in [0.1, 0.15) is 0 Å². The SMILES string of the molecule is O=C(O)c1occc1CNCc1ccccc1[N+](=O)[O-]. The summed E-state index contributed by atoms with van der Waals surface area (Å²) in [6, 6.07) is 7.94. The van der Waals surface area contributed by atoms with Crippen molar-refractivity contribution in [3.05, 3.63) is 63.6 Å². The van der Waals surface area contributed by atoms with Crippen LogP contribution < -0.4 is 5.32 Å². The maximum Gasteiger partial charge on any atom is 0.372 e. The Balaban J connectivity index is 2.01. The highest BCUT2D eigenvalue weighted by Gasteiger charge is 2.15. The molecule has 1 aromatic heterocycles. The molecular weight excluding hydrogens is 264 g/mol. The molecule has 0 bridgehead atoms. The third-order valence-electron chi connectivity index (χ3n) is 2.76. The van der Waals surface area contributed by atoms with Crippen molar-refractivity contribution in [2.24, 2.45) is 0 Å². The van der Waals surface area contributed by atoms with E-state index in [9.17, 15) is 14.9 Å². The Morgan fingerprint density at radius 1 is 1.25 bits per heavy atom. The van der Waals surface area contributed by atoms with Crippen molar-refractivity contribution in [2.45, 2.75) is 13.1 Å². The number of para-hydroxylation sites is 1. The number of carboxylic acid groups (broad SMARTS) is 1. The van der Waals surface area contributed by atoms with Gasteiger partial charge in [0.25, 0.3) is 5.69 Å². The van der Waals surface area contributed by atoms with Crippen molar-refractivity contribution in [1.82, 2.24) is 5.32 Å². The zero-order valence-corrected chi connectivity index (χ0v) is 10.4. The molecule has 7 nitrogen and oxygen atoms in total. The molecule has 104 valence electrons. The summed E-state index contributed by atoms with van der Waals surface area (Å²) >= 11 is 0. The van der Waals surface area contributed by atoms with E-state index in [1.54, 1.807) is 24.3 Å². The largest absolute Gasteiger partial charge is 0.475 e. The van der Waals surface area contributed by atoms with E-state index in [1.807, 2.05) is 0 Å². The molecular formula is C13H12N2O5. The van der Waals surface area contributed by atoms with Crippen LogP contribution in [0, 0.1) is 10.1 Å². The second kappa shape index (κ2) is 5.98. The maximum absolute atomic E-state index is 10.8. The number of nitrogens with zero attached hydrogens (tertiary/aromatic N) is 1. The molecule has 0 fully saturated rings. The molecule has 0 atom stereocenters. The lowest BCUT2D eigenvalue weighted by Gasteiger charge is -2.05. The first kappa shape index (κ1) is 13.8. The number of nitrogens with one attached hydrogen (secondary N) is 1. The standard InChI is InChI=1S/C13H12N2O5/c16-13(17)12-10(5-6-20-12)8-14-7-9-3-1-2-4-11(9)15(18)19/h1-6,14H,7-8H2,(H,16,17). The smallest absolute Gasteiger partial charge is 0.372 e. The number of carboxylic acids is 1. The predicted molar refractivity (Wildman–Crippen MR) is 69.3 cm³/mol. The molecule has 0 unspecified atom stereocenters. The summed E-state index contributed by atoms with van der Waals surface area (Å²) in [6.07, 6.45) is 1.30. The summed E-state index contributed by atoms with van der Waals surface area (Å²) in [6.45, 7) is 0.519. The number of nitro groups is 1. The summed E-state index contributed by atoms with van der Waals surface area (Å²) in [5.41, 5.74) is 1.07. The van der Waals surface area contributed by atoms with Crippen molar-refractivity contribution in [3.63, 3.8) is 0 Å². The van der Waals surface area contributed by atoms with E-state index in [2.05, 4.69) is 5.32 Å². The number of nitro benzene ring substituents is 1. The van der Waals surface area contributed by atoms with Crippen LogP contribution in [0.15, 0.2) is 41.0 Å². The Morgan fingerprint density at radius 2 is 1.95 bits per heavy atom. The lowest BCUT2D eigenvalue weighted by atomic mass is 10.1. The number of aromatic carboxylic acids is 1. The number of carbonyl (C=O) groups is 1. The third kappa shape index (κ3) is 3.01. The molecule has 2 N–H and O–H groups in total. The third-order valence-corrected chi connectivity index (χ3v) is 2.76. The number of benzene rings is 1. The number of hydrogen-bond acceptors (Lipinski definition) is 5. The number of hydrogen-bond donors (Lipinski definition) is 2. The van der Waals surface area contributed by atoms with Crippen molar-refractivity contribution < 1.29 is 19.2 Å². The maximum atomic E-state index is 10.8. The van der Waals surface area contributed by atoms with E-state index >= 15 is 0 Å². The van der Waals surface area contributed by atoms with E-state index in [0.29, 0.717) is 11.1 Å². The van der Waals surface area contributed by atoms with Crippen LogP contribution in [0.1, 0.15) is 21.7 Å². The average molecular weight is 276 g/mol. The Bertz CT molecular complexity index is 635. The molecule has 7 heteroatoms. The Labute approximate surface area is 114 Å². The zero-order chi connectivity index (χ0) is 14.5. The van der Waals surface area contributed by atoms with Gasteiger partial charge in [-0.25, -0.2) is 4.79 Å². The van der Waals surface area contributed by atoms with Gasteiger partial charge in [0.15, 0.2) is 0 Å². The molecule has 2 rings (SSSR count). The molecule has 2 aromatic rings. The van der Waals surface area contributed by atoms with Gasteiger partial charge in [0, 0.05) is 30.3 Å². The summed E-state index contributed by atoms with van der Waals surface area (Å²) in [4.78, 5) is 21.2. The molecule has 1 heterocycles. The highest BCUT2D eigenvalue weighted by molar-refractivity contribution is 5.86. The molecule has 0 aliphatic heterocycles. The van der Waals surface area contributed by atoms with Crippen LogP contribution in [0.5, 0.6) is 0 Å². The Hall–Kier alpha value is -2.67. The van der Waals surface area contributed by atoms with Gasteiger partial charge in [-0.05, 0) is 6.07 Å². The molecule has 20 heavy (non-hydrogen) atoms. The van der Waals surface area contributed by atoms with Crippen LogP contribution in [0.25, 0.3) is 0 Å². The molecule has 0 spiro atoms. The summed E-state index contributed by atoms with van der Waals surface area (Å²) < 4.78 is 4.84. The van der Waals surface area contributed by atoms with E-state index < -0.39 is 10.9 Å². The van der Waals surface area contributed by atoms with Gasteiger partial charge in [0.2, 0.25) is 5.76 Å². The van der Waals surface area contributed by atoms with Crippen LogP contribution in [0.4, 0.5) is 5.69 Å². The number of furan rings is 1. The lowest BCUT2D eigenvalue weighted by molar-refractivity contribution is -0.385. The van der Waals surface area contributed by atoms with Gasteiger partial charge < -0.3 is 14.8 Å². The highest BCUT2D eigenvalue weighted by atomic mass is 16.6. The van der Waals surface area contributed by atoms with Crippen molar-refractivity contribution in [1.29, 1.82) is 0 Å². The summed E-state index contributed by atoms with van der Waals surface area (Å²) in [5, 5.41) is 22.7. The predicted octanol–water partition coefficient (Wildman–Crippen LogP) is 2.18. The summed E-state index contributed by atoms with van der Waals surface area (Å²) in [5.74, 6) is -1.27. The van der Waals surface area contributed by atoms with Gasteiger partial charge in [-0.1, -0.05) is 18.2 Å². The molecule has 0 aliphatic rings. The monoisotopic (exact) mass is 276 g/mol. The lowest BCUT2D eigenvalue weighted by Crippen LogP contribution is -2.15. The molecule has 0 amide bonds. The normalized spacial score (nSPS) is 10.4. The minimum absolute atomic E-state index is 0.0330. The van der Waals surface area contributed by atoms with Crippen molar-refractivity contribution in [3.8, 4) is 0 Å². The minimum atomic E-state index is -1.14. The van der Waals surface area contributed by atoms with Gasteiger partial charge in [0.05, 0.1) is 11.2 Å². The van der Waals surface area contributed by atoms with E-state index in [4.69, 9.17) is 9.52 Å². The first-order valence-electron chi connectivity index (χ1n) is 5.82. The van der Waals surface area contributed by atoms with Crippen LogP contribution >= 0.6 is 0 Å². The fourth-order valence-corrected chi connectivity index (χ4v) is 1.83. The van der Waals surface area contributed by atoms with Gasteiger partial charge >= 0.3 is 5.97 Å². The van der Waals surface area contributed by atoms with Gasteiger partial charge in [-0.2, -0.15) is 0 Å². The molecule has 0 radical (unpaired) electrons. The van der Waals surface area contributed by atoms with Crippen LogP contribution in [0.2, 0.25) is 0 Å². The molecule has 0 saturated heterocycles. The van der Waals surface area contributed by atoms with Gasteiger partial charge in [-0.3, -0.25) is 10.1 Å². The van der Waals surface area contributed by atoms with Crippen molar-refractivity contribution in [2.75, 3.05) is 0 Å². The fourth-order valence-electron chi connectivity index (χ4n) is 1.83. The van der Waals surface area contributed by atoms with Crippen LogP contribution in [-0.4, -0.2) is 16.0 Å².